The van der Waals surface area contributed by atoms with Gasteiger partial charge >= 0.3 is 11.9 Å². The number of benzene rings is 1. The van der Waals surface area contributed by atoms with Gasteiger partial charge in [0.25, 0.3) is 17.7 Å². The third-order valence-corrected chi connectivity index (χ3v) is 19.9. The first-order valence-corrected chi connectivity index (χ1v) is 34.0. The van der Waals surface area contributed by atoms with Crippen molar-refractivity contribution in [3.05, 3.63) is 62.8 Å². The number of amides is 7. The highest BCUT2D eigenvalue weighted by Crippen LogP contribution is 2.35. The Morgan fingerprint density at radius 3 is 1.90 bits per heavy atom. The number of Topliss-reactive ketones (excluding diaryl/α,β-unsaturated/α-hetero) is 3. The van der Waals surface area contributed by atoms with Crippen LogP contribution >= 0.6 is 34.9 Å². The second-order valence-corrected chi connectivity index (χ2v) is 28.8. The maximum absolute atomic E-state index is 14.6. The van der Waals surface area contributed by atoms with Crippen LogP contribution in [0.2, 0.25) is 0 Å². The second kappa shape index (κ2) is 34.8. The summed E-state index contributed by atoms with van der Waals surface area (Å²) in [5, 5.41) is 17.8. The minimum Gasteiger partial charge on any atom is -0.455 e. The van der Waals surface area contributed by atoms with Gasteiger partial charge in [-0.05, 0) is 86.8 Å². The maximum atomic E-state index is 14.6. The Kier molecular flexibility index (Phi) is 29.3. The zero-order valence-corrected chi connectivity index (χ0v) is 58.4. The number of hydrazine groups is 1. The van der Waals surface area contributed by atoms with Gasteiger partial charge in [0.1, 0.15) is 23.8 Å². The van der Waals surface area contributed by atoms with E-state index in [1.54, 1.807) is 29.5 Å². The molecule has 7 amide bonds. The fourth-order valence-electron chi connectivity index (χ4n) is 10.1. The highest BCUT2D eigenvalue weighted by atomic mass is 32.2. The molecule has 2 aromatic rings. The van der Waals surface area contributed by atoms with Gasteiger partial charge in [-0.15, -0.1) is 34.9 Å². The van der Waals surface area contributed by atoms with E-state index in [9.17, 15) is 57.5 Å². The summed E-state index contributed by atoms with van der Waals surface area (Å²) in [6.45, 7) is 21.2. The largest absolute Gasteiger partial charge is 0.455 e. The number of rotatable bonds is 20. The SMILES string of the molecule is CCC(C)C[C@H](Cc1ccc2c(c1)NC(=O)[C@H](C)CC(=O)[C@H](C)NC(=O)CN1C(=O)/C=C/SCS/C=C/C(=O)N1CC(=O)N[C@@H](C)C(=O)C[C@@H](C)C(=O)O2)NC(=O)c1csc([C@@H](C[C@H](C(C)C)N(C)C(=O)[C@@H](CC(=O)C(C)(C)[N+](C)(C)C)[C@@H](C)CC)OC(C)=O)n1. The Morgan fingerprint density at radius 1 is 0.824 bits per heavy atom. The van der Waals surface area contributed by atoms with E-state index in [2.05, 4.69) is 21.3 Å². The van der Waals surface area contributed by atoms with Gasteiger partial charge < -0.3 is 40.1 Å². The molecule has 0 fully saturated rings. The first kappa shape index (κ1) is 76.7. The zero-order chi connectivity index (χ0) is 68.4. The van der Waals surface area contributed by atoms with Gasteiger partial charge in [0.05, 0.1) is 44.8 Å². The summed E-state index contributed by atoms with van der Waals surface area (Å²) >= 11 is 3.64. The summed E-state index contributed by atoms with van der Waals surface area (Å²) in [5.41, 5.74) is -0.0670. The molecular formula is C65H96N9O14S3+. The van der Waals surface area contributed by atoms with Crippen LogP contribution in [0.25, 0.3) is 0 Å². The quantitative estimate of drug-likeness (QED) is 0.0564. The number of thiazole rings is 1. The van der Waals surface area contributed by atoms with Crippen molar-refractivity contribution in [2.75, 3.05) is 51.7 Å². The minimum absolute atomic E-state index is 0.0198. The number of esters is 2. The molecule has 502 valence electrons. The Hall–Kier alpha value is -6.77. The molecule has 2 aliphatic heterocycles. The Morgan fingerprint density at radius 2 is 1.38 bits per heavy atom. The van der Waals surface area contributed by atoms with E-state index < -0.39 is 132 Å². The molecule has 0 bridgehead atoms. The monoisotopic (exact) mass is 1320 g/mol. The highest BCUT2D eigenvalue weighted by Gasteiger charge is 2.44. The molecule has 1 aromatic heterocycles. The van der Waals surface area contributed by atoms with E-state index in [4.69, 9.17) is 14.5 Å². The molecule has 1 aromatic carbocycles. The first-order chi connectivity index (χ1) is 42.5. The average Bonchev–Trinajstić information content (AvgIpc) is 1.58. The minimum atomic E-state index is -1.20. The molecule has 0 spiro atoms. The summed E-state index contributed by atoms with van der Waals surface area (Å²) in [5.74, 6) is -10.3. The number of quaternary nitrogens is 1. The molecule has 26 heteroatoms. The highest BCUT2D eigenvalue weighted by molar-refractivity contribution is 8.18. The van der Waals surface area contributed by atoms with E-state index >= 15 is 0 Å². The van der Waals surface area contributed by atoms with Gasteiger partial charge in [0.15, 0.2) is 34.7 Å². The van der Waals surface area contributed by atoms with E-state index in [0.29, 0.717) is 33.0 Å². The van der Waals surface area contributed by atoms with Crippen LogP contribution in [-0.2, 0) is 63.9 Å². The molecule has 0 saturated carbocycles. The smallest absolute Gasteiger partial charge is 0.314 e. The standard InChI is InChI=1S/C65H95N9O14S3/c1-18-38(5)26-46(68-61(84)49-35-91-62(70-49)54(87-44(11)75)32-50(37(3)4)71(14)63(85)47(39(6)19-2)31-55(78)65(12,13)74(15,16)17)29-45-20-21-53-48(30-45)69-60(83)40(7)27-51(76)42(9)66-56(79)33-72-58(81)22-24-89-36-90-25-23-59(82)73(72)34-57(80)67-43(10)52(77)28-41(8)64(86)88-53/h20-25,30,35,37-43,46-47,50,54H,18-19,26-29,31-34,36H2,1-17H3,(H3-,66,67,68,69,79,80,83,84)/p+1/b24-22+,25-23+/t38?,39-,40+,41+,42-,43-,46+,47-,50+,54+/m0/s1. The molecule has 0 aliphatic carbocycles. The molecule has 4 N–H and O–H groups in total. The van der Waals surface area contributed by atoms with Gasteiger partial charge in [-0.1, -0.05) is 74.3 Å². The third-order valence-electron chi connectivity index (χ3n) is 17.3. The topological polar surface area (TPSA) is 294 Å². The number of carbonyl (C=O) groups is 12. The van der Waals surface area contributed by atoms with Gasteiger partial charge in [0.2, 0.25) is 23.6 Å². The van der Waals surface area contributed by atoms with Crippen LogP contribution in [0.1, 0.15) is 162 Å². The number of anilines is 1. The van der Waals surface area contributed by atoms with Crippen molar-refractivity contribution in [3.63, 3.8) is 0 Å². The van der Waals surface area contributed by atoms with Crippen LogP contribution in [0.4, 0.5) is 5.69 Å². The first-order valence-electron chi connectivity index (χ1n) is 31.0. The molecule has 23 nitrogen and oxygen atoms in total. The van der Waals surface area contributed by atoms with E-state index in [1.165, 1.54) is 75.0 Å². The van der Waals surface area contributed by atoms with Gasteiger partial charge in [-0.3, -0.25) is 57.5 Å². The van der Waals surface area contributed by atoms with Gasteiger partial charge in [-0.25, -0.2) is 15.0 Å². The van der Waals surface area contributed by atoms with Crippen molar-refractivity contribution in [1.29, 1.82) is 0 Å². The van der Waals surface area contributed by atoms with Crippen molar-refractivity contribution in [1.82, 2.24) is 35.9 Å². The molecule has 0 radical (unpaired) electrons. The van der Waals surface area contributed by atoms with Crippen molar-refractivity contribution in [2.24, 2.45) is 35.5 Å². The fourth-order valence-corrected chi connectivity index (χ4v) is 12.3. The number of aromatic nitrogens is 1. The number of hydrogen-bond donors (Lipinski definition) is 4. The number of hydrogen-bond acceptors (Lipinski definition) is 18. The lowest BCUT2D eigenvalue weighted by molar-refractivity contribution is -0.908. The Balaban J connectivity index is 1.65. The van der Waals surface area contributed by atoms with Crippen LogP contribution in [0.5, 0.6) is 5.75 Å². The van der Waals surface area contributed by atoms with Crippen LogP contribution in [0, 0.1) is 35.5 Å². The number of thioether (sulfide) groups is 2. The predicted molar refractivity (Wildman–Crippen MR) is 352 cm³/mol. The number of likely N-dealkylation sites (N-methyl/N-ethyl adjacent to an activating group) is 1. The van der Waals surface area contributed by atoms with Crippen molar-refractivity contribution >= 4 is 111 Å². The zero-order valence-electron chi connectivity index (χ0n) is 55.9. The summed E-state index contributed by atoms with van der Waals surface area (Å²) < 4.78 is 12.2. The summed E-state index contributed by atoms with van der Waals surface area (Å²) in [6, 6.07) is 1.32. The van der Waals surface area contributed by atoms with E-state index in [1.807, 2.05) is 76.5 Å². The molecule has 91 heavy (non-hydrogen) atoms. The predicted octanol–water partition coefficient (Wildman–Crippen LogP) is 7.60. The van der Waals surface area contributed by atoms with Gasteiger partial charge in [-0.2, -0.15) is 0 Å². The van der Waals surface area contributed by atoms with Gasteiger partial charge in [0, 0.05) is 86.2 Å². The molecule has 1 unspecified atom stereocenters. The Labute approximate surface area is 548 Å². The molecule has 2 aliphatic rings. The number of carbonyl (C=O) groups excluding carboxylic acids is 12. The molecular weight excluding hydrogens is 1230 g/mol. The maximum Gasteiger partial charge on any atom is 0.314 e. The lowest BCUT2D eigenvalue weighted by Gasteiger charge is -2.41. The van der Waals surface area contributed by atoms with E-state index in [0.717, 1.165) is 39.9 Å². The molecule has 10 atom stereocenters. The number of fused-ring (bicyclic) bond motifs is 2. The van der Waals surface area contributed by atoms with Crippen LogP contribution in [0.3, 0.4) is 0 Å². The summed E-state index contributed by atoms with van der Waals surface area (Å²) in [6.07, 6.45) is 2.89. The van der Waals surface area contributed by atoms with Crippen LogP contribution < -0.4 is 26.0 Å². The number of ketones is 3. The van der Waals surface area contributed by atoms with Crippen molar-refractivity contribution in [3.8, 4) is 5.75 Å². The fraction of sp³-hybridized carbons (Fsp3) is 0.615. The summed E-state index contributed by atoms with van der Waals surface area (Å²) in [7, 11) is 7.58. The third kappa shape index (κ3) is 22.5. The molecule has 0 saturated heterocycles. The summed E-state index contributed by atoms with van der Waals surface area (Å²) in [4.78, 5) is 172. The molecule has 3 heterocycles. The average molecular weight is 1320 g/mol. The second-order valence-electron chi connectivity index (χ2n) is 25.8. The van der Waals surface area contributed by atoms with Crippen LogP contribution in [0.15, 0.2) is 46.5 Å². The Bertz CT molecular complexity index is 3050. The number of ether oxygens (including phenoxy) is 2. The van der Waals surface area contributed by atoms with Crippen molar-refractivity contribution < 1.29 is 71.5 Å². The number of nitrogens with zero attached hydrogens (tertiary/aromatic N) is 5. The lowest BCUT2D eigenvalue weighted by Crippen LogP contribution is -2.58. The molecule has 4 rings (SSSR count). The van der Waals surface area contributed by atoms with Crippen LogP contribution in [-0.4, -0.2) is 171 Å². The normalized spacial score (nSPS) is 21.9. The van der Waals surface area contributed by atoms with Crippen molar-refractivity contribution in [2.45, 2.75) is 177 Å². The van der Waals surface area contributed by atoms with E-state index in [-0.39, 0.29) is 72.3 Å². The number of nitrogens with one attached hydrogen (secondary N) is 4. The lowest BCUT2D eigenvalue weighted by atomic mass is 9.80.